The van der Waals surface area contributed by atoms with Crippen molar-refractivity contribution in [3.8, 4) is 5.69 Å². The van der Waals surface area contributed by atoms with Gasteiger partial charge in [0.15, 0.2) is 11.0 Å². The van der Waals surface area contributed by atoms with Crippen molar-refractivity contribution in [2.45, 2.75) is 24.4 Å². The topological polar surface area (TPSA) is 59.8 Å². The summed E-state index contributed by atoms with van der Waals surface area (Å²) in [5.74, 6) is 0.702. The van der Waals surface area contributed by atoms with Crippen molar-refractivity contribution in [1.82, 2.24) is 20.1 Å². The third kappa shape index (κ3) is 5.19. The molecule has 0 unspecified atom stereocenters. The molecule has 0 fully saturated rings. The summed E-state index contributed by atoms with van der Waals surface area (Å²) in [5.41, 5.74) is 3.73. The lowest BCUT2D eigenvalue weighted by molar-refractivity contribution is 0.0949. The number of amides is 1. The van der Waals surface area contributed by atoms with E-state index in [2.05, 4.69) is 46.7 Å². The van der Waals surface area contributed by atoms with E-state index < -0.39 is 0 Å². The monoisotopic (exact) mass is 432 g/mol. The molecule has 5 nitrogen and oxygen atoms in total. The van der Waals surface area contributed by atoms with Gasteiger partial charge in [0.1, 0.15) is 5.82 Å². The number of halogens is 1. The Kier molecular flexibility index (Phi) is 6.43. The quantitative estimate of drug-likeness (QED) is 0.421. The fourth-order valence-corrected chi connectivity index (χ4v) is 3.97. The summed E-state index contributed by atoms with van der Waals surface area (Å²) in [5, 5.41) is 12.3. The van der Waals surface area contributed by atoms with E-state index in [1.165, 1.54) is 35.4 Å². The SMILES string of the molecule is Cc1ccc(CSc2nnc(CNC(=O)c3ccc(F)cc3)n2-c2ccccc2)cc1. The van der Waals surface area contributed by atoms with Crippen LogP contribution in [0.2, 0.25) is 0 Å². The Morgan fingerprint density at radius 2 is 1.68 bits per heavy atom. The van der Waals surface area contributed by atoms with Gasteiger partial charge in [-0.2, -0.15) is 0 Å². The largest absolute Gasteiger partial charge is 0.345 e. The van der Waals surface area contributed by atoms with Crippen molar-refractivity contribution in [3.05, 3.63) is 107 Å². The van der Waals surface area contributed by atoms with Crippen LogP contribution < -0.4 is 5.32 Å². The van der Waals surface area contributed by atoms with Gasteiger partial charge in [-0.05, 0) is 48.9 Å². The minimum atomic E-state index is -0.379. The number of nitrogens with one attached hydrogen (secondary N) is 1. The minimum Gasteiger partial charge on any atom is -0.345 e. The number of nitrogens with zero attached hydrogens (tertiary/aromatic N) is 3. The smallest absolute Gasteiger partial charge is 0.251 e. The highest BCUT2D eigenvalue weighted by atomic mass is 32.2. The van der Waals surface area contributed by atoms with Gasteiger partial charge < -0.3 is 5.32 Å². The van der Waals surface area contributed by atoms with E-state index in [4.69, 9.17) is 0 Å². The summed E-state index contributed by atoms with van der Waals surface area (Å²) < 4.78 is 15.1. The molecular formula is C24H21FN4OS. The molecule has 31 heavy (non-hydrogen) atoms. The lowest BCUT2D eigenvalue weighted by atomic mass is 10.2. The van der Waals surface area contributed by atoms with Crippen LogP contribution in [0, 0.1) is 12.7 Å². The Balaban J connectivity index is 1.53. The van der Waals surface area contributed by atoms with E-state index in [9.17, 15) is 9.18 Å². The Hall–Kier alpha value is -3.45. The molecule has 1 aromatic heterocycles. The molecule has 0 saturated carbocycles. The van der Waals surface area contributed by atoms with E-state index >= 15 is 0 Å². The Morgan fingerprint density at radius 1 is 0.968 bits per heavy atom. The van der Waals surface area contributed by atoms with Gasteiger partial charge in [-0.15, -0.1) is 10.2 Å². The number of carbonyl (C=O) groups excluding carboxylic acids is 1. The van der Waals surface area contributed by atoms with Crippen LogP contribution >= 0.6 is 11.8 Å². The Morgan fingerprint density at radius 3 is 2.39 bits per heavy atom. The molecular weight excluding hydrogens is 411 g/mol. The minimum absolute atomic E-state index is 0.198. The van der Waals surface area contributed by atoms with Gasteiger partial charge in [0.05, 0.1) is 6.54 Å². The predicted octanol–water partition coefficient (Wildman–Crippen LogP) is 4.94. The average Bonchev–Trinajstić information content (AvgIpc) is 3.21. The zero-order chi connectivity index (χ0) is 21.6. The maximum absolute atomic E-state index is 13.1. The van der Waals surface area contributed by atoms with Gasteiger partial charge in [0, 0.05) is 17.0 Å². The Bertz CT molecular complexity index is 1160. The predicted molar refractivity (Wildman–Crippen MR) is 120 cm³/mol. The first-order valence-corrected chi connectivity index (χ1v) is 10.8. The molecule has 1 amide bonds. The van der Waals surface area contributed by atoms with Gasteiger partial charge >= 0.3 is 0 Å². The number of hydrogen-bond acceptors (Lipinski definition) is 4. The normalized spacial score (nSPS) is 10.8. The highest BCUT2D eigenvalue weighted by Gasteiger charge is 2.16. The molecule has 3 aromatic carbocycles. The number of aryl methyl sites for hydroxylation is 1. The fourth-order valence-electron chi connectivity index (χ4n) is 3.04. The van der Waals surface area contributed by atoms with Crippen molar-refractivity contribution in [2.24, 2.45) is 0 Å². The van der Waals surface area contributed by atoms with E-state index in [-0.39, 0.29) is 18.3 Å². The number of aromatic nitrogens is 3. The number of rotatable bonds is 7. The van der Waals surface area contributed by atoms with Crippen molar-refractivity contribution < 1.29 is 9.18 Å². The van der Waals surface area contributed by atoms with Gasteiger partial charge in [-0.1, -0.05) is 59.8 Å². The van der Waals surface area contributed by atoms with Crippen molar-refractivity contribution in [3.63, 3.8) is 0 Å². The van der Waals surface area contributed by atoms with E-state index in [0.717, 1.165) is 16.6 Å². The molecule has 4 aromatic rings. The van der Waals surface area contributed by atoms with Crippen molar-refractivity contribution in [1.29, 1.82) is 0 Å². The zero-order valence-electron chi connectivity index (χ0n) is 17.0. The van der Waals surface area contributed by atoms with Crippen LogP contribution in [0.4, 0.5) is 4.39 Å². The molecule has 0 saturated heterocycles. The number of thioether (sulfide) groups is 1. The zero-order valence-corrected chi connectivity index (χ0v) is 17.8. The van der Waals surface area contributed by atoms with E-state index in [1.807, 2.05) is 34.9 Å². The molecule has 0 aliphatic rings. The molecule has 0 spiro atoms. The second-order valence-corrected chi connectivity index (χ2v) is 7.98. The first-order chi connectivity index (χ1) is 15.1. The standard InChI is InChI=1S/C24H21FN4OS/c1-17-7-9-18(10-8-17)16-31-24-28-27-22(29(24)21-5-3-2-4-6-21)15-26-23(30)19-11-13-20(25)14-12-19/h2-14H,15-16H2,1H3,(H,26,30). The first kappa shape index (κ1) is 20.8. The number of benzene rings is 3. The molecule has 7 heteroatoms. The molecule has 0 atom stereocenters. The summed E-state index contributed by atoms with van der Waals surface area (Å²) >= 11 is 1.59. The molecule has 0 bridgehead atoms. The van der Waals surface area contributed by atoms with Crippen LogP contribution in [-0.2, 0) is 12.3 Å². The maximum atomic E-state index is 13.1. The van der Waals surface area contributed by atoms with Crippen LogP contribution in [0.25, 0.3) is 5.69 Å². The van der Waals surface area contributed by atoms with Crippen LogP contribution in [0.15, 0.2) is 84.0 Å². The fraction of sp³-hybridized carbons (Fsp3) is 0.125. The maximum Gasteiger partial charge on any atom is 0.251 e. The molecule has 1 heterocycles. The average molecular weight is 433 g/mol. The van der Waals surface area contributed by atoms with E-state index in [1.54, 1.807) is 11.8 Å². The Labute approximate surface area is 184 Å². The third-order valence-corrected chi connectivity index (χ3v) is 5.72. The molecule has 4 rings (SSSR count). The highest BCUT2D eigenvalue weighted by molar-refractivity contribution is 7.98. The summed E-state index contributed by atoms with van der Waals surface area (Å²) in [6.45, 7) is 2.26. The van der Waals surface area contributed by atoms with Gasteiger partial charge in [-0.25, -0.2) is 4.39 Å². The summed E-state index contributed by atoms with van der Waals surface area (Å²) in [4.78, 5) is 12.4. The van der Waals surface area contributed by atoms with E-state index in [0.29, 0.717) is 11.4 Å². The molecule has 0 radical (unpaired) electrons. The van der Waals surface area contributed by atoms with Crippen molar-refractivity contribution in [2.75, 3.05) is 0 Å². The number of carbonyl (C=O) groups is 1. The van der Waals surface area contributed by atoms with Gasteiger partial charge in [-0.3, -0.25) is 9.36 Å². The van der Waals surface area contributed by atoms with Crippen LogP contribution in [0.5, 0.6) is 0 Å². The molecule has 1 N–H and O–H groups in total. The summed E-state index contributed by atoms with van der Waals surface area (Å²) in [7, 11) is 0. The van der Waals surface area contributed by atoms with Crippen LogP contribution in [0.1, 0.15) is 27.3 Å². The molecule has 156 valence electrons. The lowest BCUT2D eigenvalue weighted by Gasteiger charge is -2.11. The number of para-hydroxylation sites is 1. The summed E-state index contributed by atoms with van der Waals surface area (Å²) in [6, 6.07) is 23.6. The van der Waals surface area contributed by atoms with Crippen LogP contribution in [-0.4, -0.2) is 20.7 Å². The first-order valence-electron chi connectivity index (χ1n) is 9.82. The second-order valence-electron chi connectivity index (χ2n) is 7.03. The third-order valence-electron chi connectivity index (χ3n) is 4.72. The second kappa shape index (κ2) is 9.57. The van der Waals surface area contributed by atoms with Crippen molar-refractivity contribution >= 4 is 17.7 Å². The van der Waals surface area contributed by atoms with Gasteiger partial charge in [0.25, 0.3) is 5.91 Å². The highest BCUT2D eigenvalue weighted by Crippen LogP contribution is 2.25. The molecule has 0 aliphatic carbocycles. The molecule has 0 aliphatic heterocycles. The number of hydrogen-bond donors (Lipinski definition) is 1. The van der Waals surface area contributed by atoms with Gasteiger partial charge in [0.2, 0.25) is 0 Å². The summed E-state index contributed by atoms with van der Waals surface area (Å²) in [6.07, 6.45) is 0. The lowest BCUT2D eigenvalue weighted by Crippen LogP contribution is -2.24. The van der Waals surface area contributed by atoms with Crippen LogP contribution in [0.3, 0.4) is 0 Å².